The molecule has 0 radical (unpaired) electrons. The average molecular weight is 304 g/mol. The van der Waals surface area contributed by atoms with E-state index in [0.29, 0.717) is 17.9 Å². The molecule has 3 atom stereocenters. The number of ether oxygens (including phenoxy) is 1. The molecule has 0 N–H and O–H groups in total. The predicted octanol–water partition coefficient (Wildman–Crippen LogP) is 3.80. The van der Waals surface area contributed by atoms with Gasteiger partial charge in [-0.15, -0.1) is 23.2 Å². The lowest BCUT2D eigenvalue weighted by Gasteiger charge is -2.34. The Balaban J connectivity index is 2.30. The van der Waals surface area contributed by atoms with Gasteiger partial charge in [0.2, 0.25) is 0 Å². The van der Waals surface area contributed by atoms with Crippen LogP contribution in [0.5, 0.6) is 0 Å². The van der Waals surface area contributed by atoms with Gasteiger partial charge in [0.25, 0.3) is 0 Å². The summed E-state index contributed by atoms with van der Waals surface area (Å²) in [6, 6.07) is 0. The zero-order chi connectivity index (χ0) is 10.6. The summed E-state index contributed by atoms with van der Waals surface area (Å²) in [7, 11) is 0. The summed E-state index contributed by atoms with van der Waals surface area (Å²) >= 11 is 15.1. The molecule has 14 heavy (non-hydrogen) atoms. The van der Waals surface area contributed by atoms with Crippen LogP contribution in [0.3, 0.4) is 0 Å². The molecule has 4 heteroatoms. The highest BCUT2D eigenvalue weighted by Crippen LogP contribution is 2.32. The topological polar surface area (TPSA) is 9.23 Å². The van der Waals surface area contributed by atoms with Crippen LogP contribution in [0.4, 0.5) is 0 Å². The number of alkyl halides is 3. The molecule has 0 aromatic rings. The van der Waals surface area contributed by atoms with Gasteiger partial charge in [-0.2, -0.15) is 0 Å². The Kier molecular flexibility index (Phi) is 6.14. The predicted molar refractivity (Wildman–Crippen MR) is 65.8 cm³/mol. The zero-order valence-electron chi connectivity index (χ0n) is 8.39. The van der Waals surface area contributed by atoms with Crippen LogP contribution >= 0.6 is 39.1 Å². The van der Waals surface area contributed by atoms with Gasteiger partial charge in [-0.3, -0.25) is 0 Å². The van der Waals surface area contributed by atoms with Crippen molar-refractivity contribution in [1.29, 1.82) is 0 Å². The molecular weight excluding hydrogens is 287 g/mol. The standard InChI is InChI=1S/C10H17BrCl2O/c1-7(8-3-2-4-8)14-10(6-13)9(11)5-12/h7-10H,2-6H2,1H3. The third-order valence-electron chi connectivity index (χ3n) is 2.91. The van der Waals surface area contributed by atoms with Crippen molar-refractivity contribution < 1.29 is 4.74 Å². The first-order valence-electron chi connectivity index (χ1n) is 5.10. The van der Waals surface area contributed by atoms with Gasteiger partial charge in [0.15, 0.2) is 0 Å². The molecule has 0 saturated heterocycles. The van der Waals surface area contributed by atoms with E-state index in [4.69, 9.17) is 27.9 Å². The van der Waals surface area contributed by atoms with Gasteiger partial charge in [-0.25, -0.2) is 0 Å². The largest absolute Gasteiger partial charge is 0.373 e. The van der Waals surface area contributed by atoms with Crippen molar-refractivity contribution in [3.63, 3.8) is 0 Å². The highest BCUT2D eigenvalue weighted by molar-refractivity contribution is 9.09. The van der Waals surface area contributed by atoms with Gasteiger partial charge >= 0.3 is 0 Å². The van der Waals surface area contributed by atoms with E-state index in [2.05, 4.69) is 22.9 Å². The molecule has 0 heterocycles. The van der Waals surface area contributed by atoms with Crippen LogP contribution in [0.2, 0.25) is 0 Å². The van der Waals surface area contributed by atoms with E-state index in [9.17, 15) is 0 Å². The van der Waals surface area contributed by atoms with Gasteiger partial charge in [0, 0.05) is 11.8 Å². The second kappa shape index (κ2) is 6.57. The summed E-state index contributed by atoms with van der Waals surface area (Å²) < 4.78 is 5.89. The Morgan fingerprint density at radius 3 is 2.36 bits per heavy atom. The van der Waals surface area contributed by atoms with E-state index in [1.807, 2.05) is 0 Å². The maximum Gasteiger partial charge on any atom is 0.0850 e. The van der Waals surface area contributed by atoms with Gasteiger partial charge in [-0.1, -0.05) is 22.4 Å². The maximum atomic E-state index is 5.89. The molecule has 0 spiro atoms. The molecule has 3 unspecified atom stereocenters. The highest BCUT2D eigenvalue weighted by atomic mass is 79.9. The number of halogens is 3. The van der Waals surface area contributed by atoms with E-state index in [1.54, 1.807) is 0 Å². The molecule has 1 aliphatic rings. The molecule has 0 amide bonds. The van der Waals surface area contributed by atoms with Crippen LogP contribution in [-0.4, -0.2) is 28.8 Å². The van der Waals surface area contributed by atoms with Crippen molar-refractivity contribution in [3.8, 4) is 0 Å². The van der Waals surface area contributed by atoms with Crippen LogP contribution in [0, 0.1) is 5.92 Å². The van der Waals surface area contributed by atoms with Crippen LogP contribution in [0.25, 0.3) is 0 Å². The molecule has 1 rings (SSSR count). The molecular formula is C10H17BrCl2O. The Bertz CT molecular complexity index is 164. The molecule has 0 aromatic carbocycles. The average Bonchev–Trinajstić information content (AvgIpc) is 2.10. The lowest BCUT2D eigenvalue weighted by Crippen LogP contribution is -2.36. The van der Waals surface area contributed by atoms with Crippen molar-refractivity contribution in [2.75, 3.05) is 11.8 Å². The summed E-state index contributed by atoms with van der Waals surface area (Å²) in [6.45, 7) is 2.14. The van der Waals surface area contributed by atoms with E-state index in [-0.39, 0.29) is 10.9 Å². The number of hydrogen-bond donors (Lipinski definition) is 0. The lowest BCUT2D eigenvalue weighted by molar-refractivity contribution is -0.0397. The molecule has 1 saturated carbocycles. The van der Waals surface area contributed by atoms with E-state index in [0.717, 1.165) is 5.92 Å². The SMILES string of the molecule is CC(OC(CCl)C(Br)CCl)C1CCC1. The summed E-state index contributed by atoms with van der Waals surface area (Å²) in [5.41, 5.74) is 0. The van der Waals surface area contributed by atoms with Crippen LogP contribution in [-0.2, 0) is 4.74 Å². The van der Waals surface area contributed by atoms with Crippen molar-refractivity contribution in [3.05, 3.63) is 0 Å². The lowest BCUT2D eigenvalue weighted by atomic mass is 9.81. The Labute approximate surface area is 105 Å². The van der Waals surface area contributed by atoms with E-state index in [1.165, 1.54) is 19.3 Å². The first-order valence-corrected chi connectivity index (χ1v) is 7.09. The quantitative estimate of drug-likeness (QED) is 0.678. The number of rotatable bonds is 6. The van der Waals surface area contributed by atoms with Gasteiger partial charge in [0.05, 0.1) is 17.0 Å². The fourth-order valence-corrected chi connectivity index (χ4v) is 2.63. The van der Waals surface area contributed by atoms with Gasteiger partial charge in [-0.05, 0) is 25.7 Å². The van der Waals surface area contributed by atoms with Crippen LogP contribution in [0.1, 0.15) is 26.2 Å². The Morgan fingerprint density at radius 2 is 2.00 bits per heavy atom. The van der Waals surface area contributed by atoms with E-state index < -0.39 is 0 Å². The molecule has 0 bridgehead atoms. The first-order chi connectivity index (χ1) is 6.69. The minimum absolute atomic E-state index is 0.0322. The normalized spacial score (nSPS) is 24.0. The zero-order valence-corrected chi connectivity index (χ0v) is 11.5. The van der Waals surface area contributed by atoms with Crippen molar-refractivity contribution in [2.45, 2.75) is 43.2 Å². The highest BCUT2D eigenvalue weighted by Gasteiger charge is 2.28. The van der Waals surface area contributed by atoms with Crippen LogP contribution < -0.4 is 0 Å². The summed E-state index contributed by atoms with van der Waals surface area (Å²) in [5.74, 6) is 1.77. The van der Waals surface area contributed by atoms with Gasteiger partial charge < -0.3 is 4.74 Å². The molecule has 84 valence electrons. The fourth-order valence-electron chi connectivity index (χ4n) is 1.61. The third-order valence-corrected chi connectivity index (χ3v) is 4.83. The molecule has 0 aromatic heterocycles. The van der Waals surface area contributed by atoms with Crippen LogP contribution in [0.15, 0.2) is 0 Å². The molecule has 1 nitrogen and oxygen atoms in total. The summed E-state index contributed by atoms with van der Waals surface area (Å²) in [4.78, 5) is 0.157. The Hall–Kier alpha value is 1.02. The van der Waals surface area contributed by atoms with Gasteiger partial charge in [0.1, 0.15) is 0 Å². The molecule has 1 aliphatic carbocycles. The monoisotopic (exact) mass is 302 g/mol. The second-order valence-electron chi connectivity index (χ2n) is 3.90. The van der Waals surface area contributed by atoms with Crippen molar-refractivity contribution in [1.82, 2.24) is 0 Å². The maximum absolute atomic E-state index is 5.89. The van der Waals surface area contributed by atoms with E-state index >= 15 is 0 Å². The number of hydrogen-bond acceptors (Lipinski definition) is 1. The fraction of sp³-hybridized carbons (Fsp3) is 1.00. The minimum atomic E-state index is 0.0322. The Morgan fingerprint density at radius 1 is 1.36 bits per heavy atom. The summed E-state index contributed by atoms with van der Waals surface area (Å²) in [6.07, 6.45) is 4.28. The summed E-state index contributed by atoms with van der Waals surface area (Å²) in [5, 5.41) is 0. The van der Waals surface area contributed by atoms with Crippen molar-refractivity contribution in [2.24, 2.45) is 5.92 Å². The molecule has 0 aliphatic heterocycles. The second-order valence-corrected chi connectivity index (χ2v) is 5.69. The third kappa shape index (κ3) is 3.55. The minimum Gasteiger partial charge on any atom is -0.373 e. The first kappa shape index (κ1) is 13.1. The van der Waals surface area contributed by atoms with Crippen molar-refractivity contribution >= 4 is 39.1 Å². The molecule has 1 fully saturated rings. The smallest absolute Gasteiger partial charge is 0.0850 e.